The molecule has 1 unspecified atom stereocenters. The van der Waals surface area contributed by atoms with Gasteiger partial charge in [0.1, 0.15) is 0 Å². The lowest BCUT2D eigenvalue weighted by Crippen LogP contribution is -2.13. The number of nitrogens with zero attached hydrogens (tertiary/aromatic N) is 2. The summed E-state index contributed by atoms with van der Waals surface area (Å²) in [7, 11) is 1.64. The maximum absolute atomic E-state index is 5.85. The van der Waals surface area contributed by atoms with Gasteiger partial charge in [-0.2, -0.15) is 4.98 Å². The van der Waals surface area contributed by atoms with Crippen LogP contribution < -0.4 is 5.73 Å². The summed E-state index contributed by atoms with van der Waals surface area (Å²) in [5, 5.41) is 3.88. The molecule has 0 saturated heterocycles. The zero-order valence-corrected chi connectivity index (χ0v) is 9.56. The first kappa shape index (κ1) is 12.1. The summed E-state index contributed by atoms with van der Waals surface area (Å²) in [6.07, 6.45) is 1.51. The third kappa shape index (κ3) is 3.97. The molecule has 0 bridgehead atoms. The van der Waals surface area contributed by atoms with Crippen LogP contribution in [0.2, 0.25) is 0 Å². The third-order valence-electron chi connectivity index (χ3n) is 2.02. The molecule has 0 radical (unpaired) electrons. The molecule has 2 N–H and O–H groups in total. The average molecular weight is 213 g/mol. The lowest BCUT2D eigenvalue weighted by molar-refractivity contribution is 0.182. The molecule has 0 saturated carbocycles. The number of hydrogen-bond acceptors (Lipinski definition) is 5. The highest BCUT2D eigenvalue weighted by molar-refractivity contribution is 4.92. The molecule has 5 nitrogen and oxygen atoms in total. The number of rotatable bonds is 6. The van der Waals surface area contributed by atoms with E-state index in [1.165, 1.54) is 0 Å². The first-order chi connectivity index (χ1) is 7.13. The molecule has 1 rings (SSSR count). The lowest BCUT2D eigenvalue weighted by atomic mass is 10.1. The zero-order valence-electron chi connectivity index (χ0n) is 9.56. The van der Waals surface area contributed by atoms with Crippen LogP contribution in [-0.4, -0.2) is 23.9 Å². The van der Waals surface area contributed by atoms with Crippen LogP contribution in [0.1, 0.15) is 38.0 Å². The molecule has 0 aliphatic carbocycles. The molecule has 86 valence electrons. The van der Waals surface area contributed by atoms with Gasteiger partial charge >= 0.3 is 0 Å². The predicted octanol–water partition coefficient (Wildman–Crippen LogP) is 1.30. The first-order valence-electron chi connectivity index (χ1n) is 5.20. The quantitative estimate of drug-likeness (QED) is 0.771. The largest absolute Gasteiger partial charge is 0.385 e. The Kier molecular flexibility index (Phi) is 4.71. The topological polar surface area (TPSA) is 74.2 Å². The van der Waals surface area contributed by atoms with Crippen molar-refractivity contribution in [1.29, 1.82) is 0 Å². The molecule has 0 aromatic carbocycles. The Morgan fingerprint density at radius 1 is 1.47 bits per heavy atom. The van der Waals surface area contributed by atoms with E-state index in [0.29, 0.717) is 24.8 Å². The number of aromatic nitrogens is 2. The van der Waals surface area contributed by atoms with Gasteiger partial charge in [0.2, 0.25) is 5.89 Å². The minimum atomic E-state index is -0.224. The molecule has 0 spiro atoms. The van der Waals surface area contributed by atoms with Gasteiger partial charge < -0.3 is 15.0 Å². The monoisotopic (exact) mass is 213 g/mol. The summed E-state index contributed by atoms with van der Waals surface area (Å²) < 4.78 is 10.0. The highest BCUT2D eigenvalue weighted by atomic mass is 16.5. The molecule has 1 aromatic heterocycles. The summed E-state index contributed by atoms with van der Waals surface area (Å²) in [5.41, 5.74) is 5.85. The lowest BCUT2D eigenvalue weighted by Gasteiger charge is -2.04. The molecular weight excluding hydrogens is 194 g/mol. The van der Waals surface area contributed by atoms with Crippen molar-refractivity contribution in [3.63, 3.8) is 0 Å². The molecule has 0 aliphatic rings. The van der Waals surface area contributed by atoms with Crippen molar-refractivity contribution in [3.8, 4) is 0 Å². The van der Waals surface area contributed by atoms with Gasteiger partial charge in [0, 0.05) is 20.1 Å². The fourth-order valence-corrected chi connectivity index (χ4v) is 1.23. The smallest absolute Gasteiger partial charge is 0.243 e. The second-order valence-electron chi connectivity index (χ2n) is 4.03. The van der Waals surface area contributed by atoms with Gasteiger partial charge in [-0.25, -0.2) is 0 Å². The molecule has 1 heterocycles. The van der Waals surface area contributed by atoms with Gasteiger partial charge in [0.15, 0.2) is 5.82 Å². The Labute approximate surface area is 90.0 Å². The van der Waals surface area contributed by atoms with E-state index in [0.717, 1.165) is 12.2 Å². The molecule has 1 aromatic rings. The van der Waals surface area contributed by atoms with Crippen LogP contribution in [0.5, 0.6) is 0 Å². The minimum Gasteiger partial charge on any atom is -0.385 e. The number of hydrogen-bond donors (Lipinski definition) is 1. The van der Waals surface area contributed by atoms with Gasteiger partial charge in [-0.15, -0.1) is 0 Å². The van der Waals surface area contributed by atoms with Gasteiger partial charge in [-0.3, -0.25) is 0 Å². The van der Waals surface area contributed by atoms with E-state index in [9.17, 15) is 0 Å². The van der Waals surface area contributed by atoms with Gasteiger partial charge in [-0.1, -0.05) is 19.0 Å². The standard InChI is InChI=1S/C10H19N3O2/c1-7(2)6-9-12-10(15-13-9)8(11)4-5-14-3/h7-8H,4-6,11H2,1-3H3. The van der Waals surface area contributed by atoms with E-state index >= 15 is 0 Å². The van der Waals surface area contributed by atoms with Crippen molar-refractivity contribution in [1.82, 2.24) is 10.1 Å². The van der Waals surface area contributed by atoms with Crippen molar-refractivity contribution in [3.05, 3.63) is 11.7 Å². The number of ether oxygens (including phenoxy) is 1. The normalized spacial score (nSPS) is 13.4. The first-order valence-corrected chi connectivity index (χ1v) is 5.20. The van der Waals surface area contributed by atoms with E-state index in [-0.39, 0.29) is 6.04 Å². The van der Waals surface area contributed by atoms with Crippen LogP contribution in [0.25, 0.3) is 0 Å². The van der Waals surface area contributed by atoms with Crippen molar-refractivity contribution in [2.75, 3.05) is 13.7 Å². The minimum absolute atomic E-state index is 0.224. The predicted molar refractivity (Wildman–Crippen MR) is 56.3 cm³/mol. The van der Waals surface area contributed by atoms with Crippen LogP contribution in [0.15, 0.2) is 4.52 Å². The Morgan fingerprint density at radius 3 is 2.80 bits per heavy atom. The maximum atomic E-state index is 5.85. The Balaban J connectivity index is 2.51. The molecule has 0 aliphatic heterocycles. The van der Waals surface area contributed by atoms with Crippen LogP contribution in [-0.2, 0) is 11.2 Å². The SMILES string of the molecule is COCCC(N)c1nc(CC(C)C)no1. The zero-order chi connectivity index (χ0) is 11.3. The van der Waals surface area contributed by atoms with Crippen molar-refractivity contribution >= 4 is 0 Å². The molecule has 0 amide bonds. The van der Waals surface area contributed by atoms with E-state index in [1.54, 1.807) is 7.11 Å². The number of nitrogens with two attached hydrogens (primary N) is 1. The Morgan fingerprint density at radius 2 is 2.20 bits per heavy atom. The van der Waals surface area contributed by atoms with Crippen LogP contribution in [0, 0.1) is 5.92 Å². The Hall–Kier alpha value is -0.940. The maximum Gasteiger partial charge on any atom is 0.243 e. The molecule has 0 fully saturated rings. The molecule has 1 atom stereocenters. The summed E-state index contributed by atoms with van der Waals surface area (Å²) >= 11 is 0. The van der Waals surface area contributed by atoms with Crippen LogP contribution in [0.4, 0.5) is 0 Å². The van der Waals surface area contributed by atoms with E-state index in [2.05, 4.69) is 24.0 Å². The Bertz CT molecular complexity index is 286. The second-order valence-corrected chi connectivity index (χ2v) is 4.03. The van der Waals surface area contributed by atoms with Crippen molar-refractivity contribution in [2.24, 2.45) is 11.7 Å². The fourth-order valence-electron chi connectivity index (χ4n) is 1.23. The summed E-state index contributed by atoms with van der Waals surface area (Å²) in [6, 6.07) is -0.224. The highest BCUT2D eigenvalue weighted by Crippen LogP contribution is 2.13. The molecular formula is C10H19N3O2. The van der Waals surface area contributed by atoms with Gasteiger partial charge in [0.05, 0.1) is 6.04 Å². The van der Waals surface area contributed by atoms with Crippen molar-refractivity contribution in [2.45, 2.75) is 32.7 Å². The van der Waals surface area contributed by atoms with Gasteiger partial charge in [-0.05, 0) is 12.3 Å². The van der Waals surface area contributed by atoms with Gasteiger partial charge in [0.25, 0.3) is 0 Å². The summed E-state index contributed by atoms with van der Waals surface area (Å²) in [6.45, 7) is 4.82. The number of methoxy groups -OCH3 is 1. The van der Waals surface area contributed by atoms with E-state index in [1.807, 2.05) is 0 Å². The average Bonchev–Trinajstić information content (AvgIpc) is 2.61. The molecule has 5 heteroatoms. The highest BCUT2D eigenvalue weighted by Gasteiger charge is 2.14. The van der Waals surface area contributed by atoms with E-state index in [4.69, 9.17) is 15.0 Å². The third-order valence-corrected chi connectivity index (χ3v) is 2.02. The summed E-state index contributed by atoms with van der Waals surface area (Å²) in [5.74, 6) is 1.75. The van der Waals surface area contributed by atoms with E-state index < -0.39 is 0 Å². The summed E-state index contributed by atoms with van der Waals surface area (Å²) in [4.78, 5) is 4.24. The fraction of sp³-hybridized carbons (Fsp3) is 0.800. The second kappa shape index (κ2) is 5.82. The van der Waals surface area contributed by atoms with Crippen LogP contribution >= 0.6 is 0 Å². The van der Waals surface area contributed by atoms with Crippen molar-refractivity contribution < 1.29 is 9.26 Å². The van der Waals surface area contributed by atoms with Crippen LogP contribution in [0.3, 0.4) is 0 Å². The molecule has 15 heavy (non-hydrogen) atoms.